The summed E-state index contributed by atoms with van der Waals surface area (Å²) in [4.78, 5) is 22.0. The number of rotatable bonds is 6. The van der Waals surface area contributed by atoms with E-state index < -0.39 is 0 Å². The van der Waals surface area contributed by atoms with Crippen LogP contribution in [0.5, 0.6) is 0 Å². The Morgan fingerprint density at radius 2 is 2.09 bits per heavy atom. The lowest BCUT2D eigenvalue weighted by Crippen LogP contribution is -2.23. The fraction of sp³-hybridized carbons (Fsp3) is 0.235. The molecule has 0 aliphatic carbocycles. The number of aromatic nitrogens is 3. The summed E-state index contributed by atoms with van der Waals surface area (Å²) in [6, 6.07) is 9.56. The molecule has 1 N–H and O–H groups in total. The van der Waals surface area contributed by atoms with Crippen molar-refractivity contribution in [2.45, 2.75) is 26.3 Å². The minimum atomic E-state index is -0.0880. The van der Waals surface area contributed by atoms with Crippen LogP contribution >= 0.6 is 11.3 Å². The summed E-state index contributed by atoms with van der Waals surface area (Å²) in [6.45, 7) is 2.51. The van der Waals surface area contributed by atoms with Gasteiger partial charge in [0.15, 0.2) is 5.13 Å². The largest absolute Gasteiger partial charge is 0.346 e. The van der Waals surface area contributed by atoms with E-state index in [1.54, 1.807) is 6.20 Å². The van der Waals surface area contributed by atoms with Crippen LogP contribution in [0.1, 0.15) is 34.4 Å². The standard InChI is InChI=1S/C17H18N4OS/c1-2-7-14-15(23-17(20-14)21-10-5-6-11-21)16(22)19-12-13-8-3-4-9-18-13/h3-6,8-11H,2,7,12H2,1H3,(H,19,22). The van der Waals surface area contributed by atoms with Crippen molar-refractivity contribution in [2.75, 3.05) is 0 Å². The highest BCUT2D eigenvalue weighted by Crippen LogP contribution is 2.23. The zero-order chi connectivity index (χ0) is 16.1. The molecule has 118 valence electrons. The molecule has 3 rings (SSSR count). The first-order chi connectivity index (χ1) is 11.3. The first-order valence-electron chi connectivity index (χ1n) is 7.59. The molecule has 1 amide bonds. The predicted octanol–water partition coefficient (Wildman–Crippen LogP) is 3.21. The van der Waals surface area contributed by atoms with Gasteiger partial charge >= 0.3 is 0 Å². The molecule has 0 saturated heterocycles. The van der Waals surface area contributed by atoms with Gasteiger partial charge in [-0.3, -0.25) is 9.78 Å². The van der Waals surface area contributed by atoms with Gasteiger partial charge in [0.25, 0.3) is 5.91 Å². The van der Waals surface area contributed by atoms with Crippen LogP contribution in [0.25, 0.3) is 5.13 Å². The average Bonchev–Trinajstić information content (AvgIpc) is 3.23. The SMILES string of the molecule is CCCc1nc(-n2cccc2)sc1C(=O)NCc1ccccn1. The van der Waals surface area contributed by atoms with Crippen molar-refractivity contribution in [1.29, 1.82) is 0 Å². The number of carbonyl (C=O) groups excluding carboxylic acids is 1. The van der Waals surface area contributed by atoms with E-state index in [1.807, 2.05) is 47.3 Å². The minimum Gasteiger partial charge on any atom is -0.346 e. The van der Waals surface area contributed by atoms with Gasteiger partial charge in [0, 0.05) is 18.6 Å². The Kier molecular flexibility index (Phi) is 4.83. The summed E-state index contributed by atoms with van der Waals surface area (Å²) in [5, 5.41) is 3.75. The van der Waals surface area contributed by atoms with Crippen molar-refractivity contribution in [2.24, 2.45) is 0 Å². The number of nitrogens with one attached hydrogen (secondary N) is 1. The monoisotopic (exact) mass is 326 g/mol. The number of amides is 1. The molecule has 6 heteroatoms. The lowest BCUT2D eigenvalue weighted by Gasteiger charge is -2.04. The quantitative estimate of drug-likeness (QED) is 0.756. The molecule has 0 aliphatic rings. The molecule has 0 saturated carbocycles. The van der Waals surface area contributed by atoms with Crippen molar-refractivity contribution in [3.8, 4) is 5.13 Å². The maximum absolute atomic E-state index is 12.5. The highest BCUT2D eigenvalue weighted by molar-refractivity contribution is 7.16. The van der Waals surface area contributed by atoms with Crippen LogP contribution in [0, 0.1) is 0 Å². The summed E-state index contributed by atoms with van der Waals surface area (Å²) in [5.74, 6) is -0.0880. The Bertz CT molecular complexity index is 765. The summed E-state index contributed by atoms with van der Waals surface area (Å²) in [6.07, 6.45) is 7.34. The molecule has 0 bridgehead atoms. The smallest absolute Gasteiger partial charge is 0.263 e. The van der Waals surface area contributed by atoms with Gasteiger partial charge in [-0.15, -0.1) is 0 Å². The van der Waals surface area contributed by atoms with E-state index in [4.69, 9.17) is 0 Å². The van der Waals surface area contributed by atoms with Crippen LogP contribution in [0.4, 0.5) is 0 Å². The number of carbonyl (C=O) groups is 1. The van der Waals surface area contributed by atoms with Gasteiger partial charge in [-0.25, -0.2) is 4.98 Å². The van der Waals surface area contributed by atoms with Crippen LogP contribution in [-0.4, -0.2) is 20.4 Å². The molecule has 0 aliphatic heterocycles. The molecule has 3 aromatic rings. The molecule has 23 heavy (non-hydrogen) atoms. The fourth-order valence-corrected chi connectivity index (χ4v) is 3.25. The lowest BCUT2D eigenvalue weighted by atomic mass is 10.2. The van der Waals surface area contributed by atoms with E-state index in [0.29, 0.717) is 11.4 Å². The van der Waals surface area contributed by atoms with Crippen LogP contribution in [0.3, 0.4) is 0 Å². The molecule has 0 spiro atoms. The Balaban J connectivity index is 1.78. The lowest BCUT2D eigenvalue weighted by molar-refractivity contribution is 0.0953. The van der Waals surface area contributed by atoms with Crippen molar-refractivity contribution < 1.29 is 4.79 Å². The molecular weight excluding hydrogens is 308 g/mol. The van der Waals surface area contributed by atoms with Crippen molar-refractivity contribution in [3.05, 3.63) is 65.2 Å². The van der Waals surface area contributed by atoms with Gasteiger partial charge in [0.1, 0.15) is 4.88 Å². The maximum atomic E-state index is 12.5. The van der Waals surface area contributed by atoms with Gasteiger partial charge in [-0.2, -0.15) is 0 Å². The molecule has 5 nitrogen and oxygen atoms in total. The zero-order valence-corrected chi connectivity index (χ0v) is 13.7. The van der Waals surface area contributed by atoms with Crippen LogP contribution in [-0.2, 0) is 13.0 Å². The second-order valence-corrected chi connectivity index (χ2v) is 6.09. The number of nitrogens with zero attached hydrogens (tertiary/aromatic N) is 3. The Morgan fingerprint density at radius 3 is 2.78 bits per heavy atom. The fourth-order valence-electron chi connectivity index (χ4n) is 2.25. The Labute approximate surface area is 139 Å². The van der Waals surface area contributed by atoms with Crippen LogP contribution in [0.2, 0.25) is 0 Å². The number of hydrogen-bond donors (Lipinski definition) is 1. The molecule has 0 atom stereocenters. The maximum Gasteiger partial charge on any atom is 0.263 e. The number of thiazole rings is 1. The minimum absolute atomic E-state index is 0.0880. The topological polar surface area (TPSA) is 59.8 Å². The van der Waals surface area contributed by atoms with E-state index in [-0.39, 0.29) is 5.91 Å². The van der Waals surface area contributed by atoms with Crippen molar-refractivity contribution in [1.82, 2.24) is 19.9 Å². The zero-order valence-electron chi connectivity index (χ0n) is 12.9. The van der Waals surface area contributed by atoms with Gasteiger partial charge in [-0.05, 0) is 30.7 Å². The van der Waals surface area contributed by atoms with Gasteiger partial charge in [0.2, 0.25) is 0 Å². The van der Waals surface area contributed by atoms with Crippen LogP contribution in [0.15, 0.2) is 48.9 Å². The van der Waals surface area contributed by atoms with E-state index in [2.05, 4.69) is 22.2 Å². The molecule has 0 aromatic carbocycles. The number of pyridine rings is 1. The summed E-state index contributed by atoms with van der Waals surface area (Å²) in [5.41, 5.74) is 1.70. The van der Waals surface area contributed by atoms with Crippen LogP contribution < -0.4 is 5.32 Å². The third-order valence-corrected chi connectivity index (χ3v) is 4.47. The second-order valence-electron chi connectivity index (χ2n) is 5.12. The molecule has 0 fully saturated rings. The predicted molar refractivity (Wildman–Crippen MR) is 90.8 cm³/mol. The normalized spacial score (nSPS) is 10.7. The number of hydrogen-bond acceptors (Lipinski definition) is 4. The third-order valence-electron chi connectivity index (χ3n) is 3.36. The summed E-state index contributed by atoms with van der Waals surface area (Å²) in [7, 11) is 0. The van der Waals surface area contributed by atoms with E-state index in [9.17, 15) is 4.79 Å². The van der Waals surface area contributed by atoms with Crippen molar-refractivity contribution >= 4 is 17.2 Å². The molecule has 3 aromatic heterocycles. The highest BCUT2D eigenvalue weighted by atomic mass is 32.1. The van der Waals surface area contributed by atoms with Gasteiger partial charge < -0.3 is 9.88 Å². The van der Waals surface area contributed by atoms with Gasteiger partial charge in [-0.1, -0.05) is 30.7 Å². The van der Waals surface area contributed by atoms with Crippen molar-refractivity contribution in [3.63, 3.8) is 0 Å². The first kappa shape index (κ1) is 15.4. The molecular formula is C17H18N4OS. The van der Waals surface area contributed by atoms with E-state index in [0.717, 1.165) is 29.4 Å². The molecule has 0 radical (unpaired) electrons. The summed E-state index contributed by atoms with van der Waals surface area (Å²) >= 11 is 1.42. The second kappa shape index (κ2) is 7.19. The number of aryl methyl sites for hydroxylation is 1. The average molecular weight is 326 g/mol. The summed E-state index contributed by atoms with van der Waals surface area (Å²) < 4.78 is 1.93. The Morgan fingerprint density at radius 1 is 1.26 bits per heavy atom. The highest BCUT2D eigenvalue weighted by Gasteiger charge is 2.18. The molecule has 0 unspecified atom stereocenters. The molecule has 3 heterocycles. The van der Waals surface area contributed by atoms with Gasteiger partial charge in [0.05, 0.1) is 17.9 Å². The van der Waals surface area contributed by atoms with E-state index >= 15 is 0 Å². The van der Waals surface area contributed by atoms with E-state index in [1.165, 1.54) is 11.3 Å². The Hall–Kier alpha value is -2.47. The first-order valence-corrected chi connectivity index (χ1v) is 8.40. The third kappa shape index (κ3) is 3.65.